The van der Waals surface area contributed by atoms with E-state index in [9.17, 15) is 4.79 Å². The maximum atomic E-state index is 12.1. The molecule has 1 amide bonds. The molecule has 4 nitrogen and oxygen atoms in total. The summed E-state index contributed by atoms with van der Waals surface area (Å²) < 4.78 is 4.96. The summed E-state index contributed by atoms with van der Waals surface area (Å²) in [7, 11) is 1.61. The molecular formula is C11H16N2O2S. The number of hydrogen-bond acceptors (Lipinski definition) is 4. The minimum absolute atomic E-state index is 0.0653. The van der Waals surface area contributed by atoms with E-state index in [1.807, 2.05) is 5.38 Å². The van der Waals surface area contributed by atoms with Crippen molar-refractivity contribution in [2.75, 3.05) is 32.5 Å². The van der Waals surface area contributed by atoms with Crippen molar-refractivity contribution in [3.8, 4) is 0 Å². The van der Waals surface area contributed by atoms with Gasteiger partial charge in [-0.2, -0.15) is 0 Å². The lowest BCUT2D eigenvalue weighted by Crippen LogP contribution is -2.33. The molecule has 1 rings (SSSR count). The first-order chi connectivity index (χ1) is 7.70. The monoisotopic (exact) mass is 240 g/mol. The van der Waals surface area contributed by atoms with Crippen LogP contribution < -0.4 is 5.73 Å². The van der Waals surface area contributed by atoms with Crippen LogP contribution in [0.1, 0.15) is 9.67 Å². The van der Waals surface area contributed by atoms with Gasteiger partial charge in [0, 0.05) is 20.2 Å². The van der Waals surface area contributed by atoms with E-state index in [-0.39, 0.29) is 5.91 Å². The Morgan fingerprint density at radius 1 is 1.75 bits per heavy atom. The molecule has 0 atom stereocenters. The van der Waals surface area contributed by atoms with Crippen LogP contribution in [0.3, 0.4) is 0 Å². The molecule has 0 saturated carbocycles. The van der Waals surface area contributed by atoms with Crippen LogP contribution in [0.2, 0.25) is 0 Å². The van der Waals surface area contributed by atoms with Gasteiger partial charge in [-0.1, -0.05) is 6.08 Å². The molecule has 0 bridgehead atoms. The lowest BCUT2D eigenvalue weighted by molar-refractivity contribution is 0.0724. The van der Waals surface area contributed by atoms with Crippen molar-refractivity contribution >= 4 is 22.9 Å². The SMILES string of the molecule is C=CCN(CCOC)C(=O)c1sccc1N. The van der Waals surface area contributed by atoms with Gasteiger partial charge in [-0.3, -0.25) is 4.79 Å². The van der Waals surface area contributed by atoms with Crippen molar-refractivity contribution in [1.82, 2.24) is 4.90 Å². The van der Waals surface area contributed by atoms with Crippen molar-refractivity contribution in [1.29, 1.82) is 0 Å². The highest BCUT2D eigenvalue weighted by Gasteiger charge is 2.17. The lowest BCUT2D eigenvalue weighted by atomic mass is 10.3. The summed E-state index contributed by atoms with van der Waals surface area (Å²) in [5.41, 5.74) is 6.24. The lowest BCUT2D eigenvalue weighted by Gasteiger charge is -2.20. The Kier molecular flexibility index (Phi) is 5.01. The van der Waals surface area contributed by atoms with Crippen molar-refractivity contribution in [3.63, 3.8) is 0 Å². The number of rotatable bonds is 6. The highest BCUT2D eigenvalue weighted by molar-refractivity contribution is 7.12. The number of amides is 1. The number of ether oxygens (including phenoxy) is 1. The highest BCUT2D eigenvalue weighted by atomic mass is 32.1. The van der Waals surface area contributed by atoms with Gasteiger partial charge in [0.15, 0.2) is 0 Å². The second-order valence-corrected chi connectivity index (χ2v) is 4.15. The molecule has 0 aliphatic heterocycles. The normalized spacial score (nSPS) is 10.1. The molecule has 1 aromatic rings. The van der Waals surface area contributed by atoms with Crippen molar-refractivity contribution in [3.05, 3.63) is 29.0 Å². The number of nitrogens with two attached hydrogens (primary N) is 1. The first-order valence-corrected chi connectivity index (χ1v) is 5.80. The Bertz CT molecular complexity index is 363. The Morgan fingerprint density at radius 3 is 3.00 bits per heavy atom. The second-order valence-electron chi connectivity index (χ2n) is 3.24. The molecule has 0 spiro atoms. The smallest absolute Gasteiger partial charge is 0.266 e. The third kappa shape index (κ3) is 3.08. The number of carbonyl (C=O) groups is 1. The maximum Gasteiger partial charge on any atom is 0.266 e. The van der Waals surface area contributed by atoms with E-state index in [0.717, 1.165) is 0 Å². The minimum Gasteiger partial charge on any atom is -0.397 e. The van der Waals surface area contributed by atoms with Gasteiger partial charge in [0.1, 0.15) is 4.88 Å². The fourth-order valence-electron chi connectivity index (χ4n) is 1.27. The van der Waals surface area contributed by atoms with Crippen molar-refractivity contribution in [2.45, 2.75) is 0 Å². The molecule has 5 heteroatoms. The summed E-state index contributed by atoms with van der Waals surface area (Å²) in [6.45, 7) is 5.18. The van der Waals surface area contributed by atoms with Gasteiger partial charge >= 0.3 is 0 Å². The summed E-state index contributed by atoms with van der Waals surface area (Å²) in [5, 5.41) is 1.81. The molecule has 16 heavy (non-hydrogen) atoms. The molecule has 0 aliphatic carbocycles. The molecule has 2 N–H and O–H groups in total. The first-order valence-electron chi connectivity index (χ1n) is 4.92. The number of nitrogen functional groups attached to an aromatic ring is 1. The van der Waals surface area contributed by atoms with Crippen LogP contribution in [-0.4, -0.2) is 37.6 Å². The van der Waals surface area contributed by atoms with Crippen LogP contribution in [0.4, 0.5) is 5.69 Å². The van der Waals surface area contributed by atoms with E-state index < -0.39 is 0 Å². The van der Waals surface area contributed by atoms with Gasteiger partial charge in [-0.05, 0) is 11.4 Å². The van der Waals surface area contributed by atoms with E-state index in [0.29, 0.717) is 30.3 Å². The first kappa shape index (κ1) is 12.7. The molecule has 0 saturated heterocycles. The largest absolute Gasteiger partial charge is 0.397 e. The number of methoxy groups -OCH3 is 1. The summed E-state index contributed by atoms with van der Waals surface area (Å²) in [6.07, 6.45) is 1.69. The molecule has 0 aromatic carbocycles. The number of anilines is 1. The molecule has 1 aromatic heterocycles. The highest BCUT2D eigenvalue weighted by Crippen LogP contribution is 2.20. The number of nitrogens with zero attached hydrogens (tertiary/aromatic N) is 1. The van der Waals surface area contributed by atoms with E-state index in [2.05, 4.69) is 6.58 Å². The average molecular weight is 240 g/mol. The Hall–Kier alpha value is -1.33. The van der Waals surface area contributed by atoms with Gasteiger partial charge in [-0.15, -0.1) is 17.9 Å². The van der Waals surface area contributed by atoms with Crippen LogP contribution >= 0.6 is 11.3 Å². The summed E-state index contributed by atoms with van der Waals surface area (Å²) in [6, 6.07) is 1.74. The molecule has 1 heterocycles. The molecular weight excluding hydrogens is 224 g/mol. The maximum absolute atomic E-state index is 12.1. The van der Waals surface area contributed by atoms with Crippen LogP contribution in [0.15, 0.2) is 24.1 Å². The molecule has 0 aliphatic rings. The predicted octanol–water partition coefficient (Wildman–Crippen LogP) is 1.60. The number of carbonyl (C=O) groups excluding carboxylic acids is 1. The minimum atomic E-state index is -0.0653. The standard InChI is InChI=1S/C11H16N2O2S/c1-3-5-13(6-7-15-2)11(14)10-9(12)4-8-16-10/h3-4,8H,1,5-7,12H2,2H3. The zero-order chi connectivity index (χ0) is 12.0. The van der Waals surface area contributed by atoms with E-state index in [4.69, 9.17) is 10.5 Å². The Morgan fingerprint density at radius 2 is 2.50 bits per heavy atom. The van der Waals surface area contributed by atoms with E-state index >= 15 is 0 Å². The van der Waals surface area contributed by atoms with Crippen LogP contribution in [0.5, 0.6) is 0 Å². The van der Waals surface area contributed by atoms with Crippen LogP contribution in [0, 0.1) is 0 Å². The quantitative estimate of drug-likeness (QED) is 0.768. The van der Waals surface area contributed by atoms with E-state index in [1.54, 1.807) is 24.2 Å². The number of thiophene rings is 1. The Labute approximate surface area is 99.3 Å². The second kappa shape index (κ2) is 6.30. The third-order valence-electron chi connectivity index (χ3n) is 2.09. The molecule has 0 fully saturated rings. The van der Waals surface area contributed by atoms with Gasteiger partial charge in [-0.25, -0.2) is 0 Å². The fraction of sp³-hybridized carbons (Fsp3) is 0.364. The summed E-state index contributed by atoms with van der Waals surface area (Å²) in [5.74, 6) is -0.0653. The zero-order valence-electron chi connectivity index (χ0n) is 9.31. The Balaban J connectivity index is 2.74. The van der Waals surface area contributed by atoms with Gasteiger partial charge < -0.3 is 15.4 Å². The van der Waals surface area contributed by atoms with Gasteiger partial charge in [0.25, 0.3) is 5.91 Å². The van der Waals surface area contributed by atoms with Crippen molar-refractivity contribution < 1.29 is 9.53 Å². The van der Waals surface area contributed by atoms with Crippen LogP contribution in [-0.2, 0) is 4.74 Å². The molecule has 88 valence electrons. The topological polar surface area (TPSA) is 55.6 Å². The number of hydrogen-bond donors (Lipinski definition) is 1. The van der Waals surface area contributed by atoms with Crippen LogP contribution in [0.25, 0.3) is 0 Å². The summed E-state index contributed by atoms with van der Waals surface area (Å²) >= 11 is 1.35. The average Bonchev–Trinajstić information content (AvgIpc) is 2.69. The fourth-order valence-corrected chi connectivity index (χ4v) is 2.05. The molecule has 0 radical (unpaired) electrons. The van der Waals surface area contributed by atoms with Gasteiger partial charge in [0.05, 0.1) is 12.3 Å². The van der Waals surface area contributed by atoms with Crippen molar-refractivity contribution in [2.24, 2.45) is 0 Å². The van der Waals surface area contributed by atoms with E-state index in [1.165, 1.54) is 11.3 Å². The van der Waals surface area contributed by atoms with Gasteiger partial charge in [0.2, 0.25) is 0 Å². The zero-order valence-corrected chi connectivity index (χ0v) is 10.1. The predicted molar refractivity (Wildman–Crippen MR) is 66.7 cm³/mol. The third-order valence-corrected chi connectivity index (χ3v) is 3.01. The summed E-state index contributed by atoms with van der Waals surface area (Å²) in [4.78, 5) is 14.3. The molecule has 0 unspecified atom stereocenters.